The molecular weight excluding hydrogens is 1040 g/mol. The first-order valence-electron chi connectivity index (χ1n) is 34.9. The van der Waals surface area contributed by atoms with Crippen LogP contribution < -0.4 is 5.32 Å². The topological polar surface area (TPSA) is 228 Å². The number of hydrogen-bond acceptors (Lipinski definition) is 13. The fourth-order valence-corrected chi connectivity index (χ4v) is 11.9. The maximum Gasteiger partial charge on any atom is 0.220 e. The van der Waals surface area contributed by atoms with E-state index in [1.807, 2.05) is 6.08 Å². The van der Waals surface area contributed by atoms with Gasteiger partial charge in [-0.2, -0.15) is 0 Å². The molecule has 2 aliphatic heterocycles. The maximum atomic E-state index is 13.2. The maximum absolute atomic E-state index is 13.2. The highest BCUT2D eigenvalue weighted by Gasteiger charge is 2.51. The van der Waals surface area contributed by atoms with Crippen molar-refractivity contribution in [1.82, 2.24) is 5.32 Å². The summed E-state index contributed by atoms with van der Waals surface area (Å²) in [6.07, 6.45) is 49.0. The van der Waals surface area contributed by atoms with E-state index >= 15 is 0 Å². The number of aliphatic hydroxyl groups excluding tert-OH is 8. The number of aliphatic hydroxyl groups is 8. The van der Waals surface area contributed by atoms with Crippen LogP contribution in [0.1, 0.15) is 322 Å². The van der Waals surface area contributed by atoms with Gasteiger partial charge in [0.2, 0.25) is 5.91 Å². The highest BCUT2D eigenvalue weighted by atomic mass is 16.7. The van der Waals surface area contributed by atoms with Crippen molar-refractivity contribution in [2.24, 2.45) is 0 Å². The minimum Gasteiger partial charge on any atom is -0.394 e. The van der Waals surface area contributed by atoms with Crippen molar-refractivity contribution in [1.29, 1.82) is 0 Å². The predicted octanol–water partition coefficient (Wildman–Crippen LogP) is 13.8. The Kier molecular flexibility index (Phi) is 50.5. The van der Waals surface area contributed by atoms with Crippen LogP contribution in [0.4, 0.5) is 0 Å². The monoisotopic (exact) mass is 1170 g/mol. The molecule has 2 aliphatic rings. The molecule has 2 fully saturated rings. The average molecular weight is 1170 g/mol. The van der Waals surface area contributed by atoms with Crippen LogP contribution in [0.25, 0.3) is 0 Å². The van der Waals surface area contributed by atoms with Crippen molar-refractivity contribution >= 4 is 5.91 Å². The Labute approximate surface area is 501 Å². The summed E-state index contributed by atoms with van der Waals surface area (Å²) in [5.74, 6) is -0.234. The first kappa shape index (κ1) is 76.8. The molecule has 2 rings (SSSR count). The van der Waals surface area contributed by atoms with Gasteiger partial charge in [0.1, 0.15) is 48.8 Å². The summed E-state index contributed by atoms with van der Waals surface area (Å²) in [5, 5.41) is 87.0. The lowest BCUT2D eigenvalue weighted by atomic mass is 9.97. The minimum atomic E-state index is -1.79. The zero-order valence-corrected chi connectivity index (χ0v) is 52.8. The van der Waals surface area contributed by atoms with Crippen LogP contribution >= 0.6 is 0 Å². The molecule has 486 valence electrons. The molecule has 0 saturated carbocycles. The molecule has 0 aromatic rings. The van der Waals surface area contributed by atoms with Gasteiger partial charge in [0, 0.05) is 6.42 Å². The third-order valence-corrected chi connectivity index (χ3v) is 17.5. The van der Waals surface area contributed by atoms with E-state index in [0.717, 1.165) is 38.5 Å². The van der Waals surface area contributed by atoms with Crippen LogP contribution in [0.2, 0.25) is 0 Å². The van der Waals surface area contributed by atoms with Gasteiger partial charge in [-0.1, -0.05) is 309 Å². The minimum absolute atomic E-state index is 0.234. The largest absolute Gasteiger partial charge is 0.394 e. The lowest BCUT2D eigenvalue weighted by Crippen LogP contribution is -2.65. The fraction of sp³-hybridized carbons (Fsp3) is 0.956. The molecule has 14 nitrogen and oxygen atoms in total. The molecule has 0 aromatic heterocycles. The molecule has 14 heteroatoms. The SMILES string of the molecule is CCCCCCCCCC/C=C/C(O)C(COC1OC(CO)C(OC2OC(CO)C(O)C(O)C2O)C(O)C1O)NC(=O)CCCCCCCCCCCCCCCCCCCCCCCCCCCCCCCCCCCCCCCC. The number of amides is 1. The Morgan fingerprint density at radius 3 is 1.12 bits per heavy atom. The summed E-state index contributed by atoms with van der Waals surface area (Å²) in [5.41, 5.74) is 0. The highest BCUT2D eigenvalue weighted by Crippen LogP contribution is 2.30. The Balaban J connectivity index is 1.51. The predicted molar refractivity (Wildman–Crippen MR) is 332 cm³/mol. The second-order valence-electron chi connectivity index (χ2n) is 25.0. The smallest absolute Gasteiger partial charge is 0.220 e. The first-order valence-corrected chi connectivity index (χ1v) is 34.9. The molecule has 0 aromatic carbocycles. The van der Waals surface area contributed by atoms with Gasteiger partial charge in [0.15, 0.2) is 12.6 Å². The Bertz CT molecular complexity index is 1420. The second kappa shape index (κ2) is 53.9. The van der Waals surface area contributed by atoms with E-state index in [4.69, 9.17) is 18.9 Å². The van der Waals surface area contributed by atoms with Crippen molar-refractivity contribution in [3.63, 3.8) is 0 Å². The molecule has 12 unspecified atom stereocenters. The molecular formula is C68H131NO13. The Morgan fingerprint density at radius 1 is 0.427 bits per heavy atom. The fourth-order valence-electron chi connectivity index (χ4n) is 11.9. The number of carbonyl (C=O) groups is 1. The standard InChI is InChI=1S/C68H131NO13/c1-3-5-7-9-11-13-15-16-17-18-19-20-21-22-23-24-25-26-27-28-29-30-31-32-33-34-35-36-37-38-39-40-41-42-44-46-48-50-52-60(73)69-56(57(72)51-49-47-45-43-14-12-10-8-6-4-2)55-79-67-65(78)63(76)66(59(54-71)81-67)82-68-64(77)62(75)61(74)58(53-70)80-68/h49,51,56-59,61-68,70-72,74-78H,3-48,50,52-55H2,1-2H3,(H,69,73)/b51-49+. The second-order valence-corrected chi connectivity index (χ2v) is 25.0. The summed E-state index contributed by atoms with van der Waals surface area (Å²) < 4.78 is 22.8. The van der Waals surface area contributed by atoms with Gasteiger partial charge < -0.3 is 65.1 Å². The van der Waals surface area contributed by atoms with Crippen LogP contribution in [-0.4, -0.2) is 140 Å². The van der Waals surface area contributed by atoms with Gasteiger partial charge in [-0.25, -0.2) is 0 Å². The summed E-state index contributed by atoms with van der Waals surface area (Å²) >= 11 is 0. The van der Waals surface area contributed by atoms with Gasteiger partial charge >= 0.3 is 0 Å². The van der Waals surface area contributed by atoms with E-state index in [1.54, 1.807) is 6.08 Å². The van der Waals surface area contributed by atoms with Crippen molar-refractivity contribution < 1.29 is 64.6 Å². The zero-order valence-electron chi connectivity index (χ0n) is 52.8. The molecule has 0 spiro atoms. The lowest BCUT2D eigenvalue weighted by Gasteiger charge is -2.46. The molecule has 0 aliphatic carbocycles. The Morgan fingerprint density at radius 2 is 0.756 bits per heavy atom. The van der Waals surface area contributed by atoms with Gasteiger partial charge in [-0.15, -0.1) is 0 Å². The van der Waals surface area contributed by atoms with Gasteiger partial charge in [0.05, 0.1) is 32.0 Å². The van der Waals surface area contributed by atoms with Crippen LogP contribution in [0.5, 0.6) is 0 Å². The zero-order chi connectivity index (χ0) is 59.5. The summed E-state index contributed by atoms with van der Waals surface area (Å²) in [7, 11) is 0. The van der Waals surface area contributed by atoms with Crippen molar-refractivity contribution in [3.05, 3.63) is 12.2 Å². The molecule has 82 heavy (non-hydrogen) atoms. The third-order valence-electron chi connectivity index (χ3n) is 17.5. The van der Waals surface area contributed by atoms with E-state index in [0.29, 0.717) is 6.42 Å². The van der Waals surface area contributed by atoms with E-state index in [2.05, 4.69) is 19.2 Å². The third kappa shape index (κ3) is 38.1. The summed E-state index contributed by atoms with van der Waals surface area (Å²) in [4.78, 5) is 13.2. The molecule has 0 radical (unpaired) electrons. The lowest BCUT2D eigenvalue weighted by molar-refractivity contribution is -0.359. The van der Waals surface area contributed by atoms with Crippen molar-refractivity contribution in [3.8, 4) is 0 Å². The molecule has 2 heterocycles. The van der Waals surface area contributed by atoms with Crippen molar-refractivity contribution in [2.45, 2.75) is 396 Å². The number of unbranched alkanes of at least 4 members (excludes halogenated alkanes) is 45. The quantitative estimate of drug-likeness (QED) is 0.0204. The van der Waals surface area contributed by atoms with Gasteiger partial charge in [-0.05, 0) is 19.3 Å². The molecule has 9 N–H and O–H groups in total. The number of rotatable bonds is 58. The number of nitrogens with one attached hydrogen (secondary N) is 1. The molecule has 0 bridgehead atoms. The molecule has 12 atom stereocenters. The van der Waals surface area contributed by atoms with Gasteiger partial charge in [0.25, 0.3) is 0 Å². The Hall–Kier alpha value is -1.27. The first-order chi connectivity index (χ1) is 40.1. The van der Waals surface area contributed by atoms with Crippen LogP contribution in [-0.2, 0) is 23.7 Å². The molecule has 1 amide bonds. The highest BCUT2D eigenvalue weighted by molar-refractivity contribution is 5.76. The number of hydrogen-bond donors (Lipinski definition) is 9. The molecule has 2 saturated heterocycles. The van der Waals surface area contributed by atoms with Gasteiger partial charge in [-0.3, -0.25) is 4.79 Å². The summed E-state index contributed by atoms with van der Waals surface area (Å²) in [6.45, 7) is 2.81. The normalized spacial score (nSPS) is 23.9. The van der Waals surface area contributed by atoms with E-state index in [9.17, 15) is 45.6 Å². The van der Waals surface area contributed by atoms with E-state index < -0.39 is 86.8 Å². The van der Waals surface area contributed by atoms with Crippen LogP contribution in [0, 0.1) is 0 Å². The van der Waals surface area contributed by atoms with E-state index in [1.165, 1.54) is 257 Å². The number of allylic oxidation sites excluding steroid dienone is 1. The van der Waals surface area contributed by atoms with Crippen LogP contribution in [0.15, 0.2) is 12.2 Å². The number of ether oxygens (including phenoxy) is 4. The average Bonchev–Trinajstić information content (AvgIpc) is 3.48. The summed E-state index contributed by atoms with van der Waals surface area (Å²) in [6, 6.07) is -0.909. The number of carbonyl (C=O) groups excluding carboxylic acids is 1. The van der Waals surface area contributed by atoms with Crippen LogP contribution in [0.3, 0.4) is 0 Å². The van der Waals surface area contributed by atoms with Crippen molar-refractivity contribution in [2.75, 3.05) is 19.8 Å². The van der Waals surface area contributed by atoms with E-state index in [-0.39, 0.29) is 18.9 Å².